The van der Waals surface area contributed by atoms with Gasteiger partial charge in [0.2, 0.25) is 5.88 Å². The maximum Gasteiger partial charge on any atom is 0.331 e. The average molecular weight is 419 g/mol. The number of amides is 1. The number of nitrogens with zero attached hydrogens (tertiary/aromatic N) is 1. The van der Waals surface area contributed by atoms with Gasteiger partial charge in [0.15, 0.2) is 0 Å². The van der Waals surface area contributed by atoms with Crippen molar-refractivity contribution in [1.82, 2.24) is 10.3 Å². The van der Waals surface area contributed by atoms with Crippen molar-refractivity contribution in [3.05, 3.63) is 23.4 Å². The number of ether oxygens (including phenoxy) is 3. The first-order valence-corrected chi connectivity index (χ1v) is 11.2. The summed E-state index contributed by atoms with van der Waals surface area (Å²) in [5.74, 6) is 0.663. The highest BCUT2D eigenvalue weighted by molar-refractivity contribution is 5.97. The van der Waals surface area contributed by atoms with Gasteiger partial charge in [-0.25, -0.2) is 9.78 Å². The lowest BCUT2D eigenvalue weighted by Gasteiger charge is -2.30. The first-order valence-electron chi connectivity index (χ1n) is 11.2. The van der Waals surface area contributed by atoms with Gasteiger partial charge in [0.05, 0.1) is 13.2 Å². The van der Waals surface area contributed by atoms with E-state index in [1.807, 2.05) is 19.9 Å². The Morgan fingerprint density at radius 3 is 2.43 bits per heavy atom. The highest BCUT2D eigenvalue weighted by Gasteiger charge is 2.39. The zero-order valence-electron chi connectivity index (χ0n) is 18.4. The van der Waals surface area contributed by atoms with Crippen LogP contribution in [0.2, 0.25) is 0 Å². The Hall–Kier alpha value is -2.15. The van der Waals surface area contributed by atoms with E-state index in [9.17, 15) is 9.59 Å². The number of nitrogens with one attached hydrogen (secondary N) is 1. The molecule has 0 radical (unpaired) electrons. The van der Waals surface area contributed by atoms with Crippen molar-refractivity contribution in [3.63, 3.8) is 0 Å². The minimum absolute atomic E-state index is 0.261. The third-order valence-corrected chi connectivity index (χ3v) is 6.16. The van der Waals surface area contributed by atoms with Crippen LogP contribution in [-0.2, 0) is 14.3 Å². The highest BCUT2D eigenvalue weighted by Crippen LogP contribution is 2.43. The molecule has 1 N–H and O–H groups in total. The summed E-state index contributed by atoms with van der Waals surface area (Å²) in [6.07, 6.45) is 5.10. The quantitative estimate of drug-likeness (QED) is 0.584. The molecule has 7 nitrogen and oxygen atoms in total. The minimum atomic E-state index is -1.05. The number of carbonyl (C=O) groups excluding carboxylic acids is 2. The molecule has 1 aliphatic heterocycles. The molecule has 2 fully saturated rings. The molecule has 0 spiro atoms. The second-order valence-electron chi connectivity index (χ2n) is 8.20. The van der Waals surface area contributed by atoms with Gasteiger partial charge < -0.3 is 19.5 Å². The predicted octanol–water partition coefficient (Wildman–Crippen LogP) is 3.62. The largest absolute Gasteiger partial charge is 0.477 e. The molecule has 166 valence electrons. The molecule has 0 aromatic carbocycles. The van der Waals surface area contributed by atoms with Crippen molar-refractivity contribution in [2.24, 2.45) is 5.92 Å². The zero-order valence-corrected chi connectivity index (χ0v) is 18.4. The molecule has 1 aliphatic carbocycles. The van der Waals surface area contributed by atoms with Crippen LogP contribution in [0.15, 0.2) is 12.1 Å². The first-order chi connectivity index (χ1) is 14.5. The Labute approximate surface area is 178 Å². The van der Waals surface area contributed by atoms with Gasteiger partial charge in [-0.05, 0) is 63.4 Å². The Bertz CT molecular complexity index is 737. The normalized spacial score (nSPS) is 17.4. The van der Waals surface area contributed by atoms with Crippen molar-refractivity contribution < 1.29 is 23.8 Å². The SMILES string of the molecule is CCOC(=O)C(CC)(CC)NC(=O)c1ccc(C2CC2)c(OCC2CCOCC2)n1. The van der Waals surface area contributed by atoms with E-state index in [2.05, 4.69) is 10.3 Å². The van der Waals surface area contributed by atoms with E-state index in [1.54, 1.807) is 13.0 Å². The van der Waals surface area contributed by atoms with Crippen LogP contribution in [0.1, 0.15) is 81.3 Å². The van der Waals surface area contributed by atoms with Crippen LogP contribution < -0.4 is 10.1 Å². The number of hydrogen-bond acceptors (Lipinski definition) is 6. The van der Waals surface area contributed by atoms with Gasteiger partial charge in [-0.2, -0.15) is 0 Å². The van der Waals surface area contributed by atoms with Crippen molar-refractivity contribution in [3.8, 4) is 5.88 Å². The lowest BCUT2D eigenvalue weighted by Crippen LogP contribution is -2.54. The number of pyridine rings is 1. The minimum Gasteiger partial charge on any atom is -0.477 e. The molecule has 2 heterocycles. The fraction of sp³-hybridized carbons (Fsp3) is 0.696. The van der Waals surface area contributed by atoms with Gasteiger partial charge in [0, 0.05) is 18.8 Å². The third kappa shape index (κ3) is 5.31. The van der Waals surface area contributed by atoms with E-state index in [4.69, 9.17) is 14.2 Å². The Kier molecular flexibility index (Phi) is 7.69. The standard InChI is InChI=1S/C23H34N2O5/c1-4-23(5-2,22(27)29-6-3)25-20(26)19-10-9-18(17-7-8-17)21(24-19)30-15-16-11-13-28-14-12-16/h9-10,16-17H,4-8,11-15H2,1-3H3,(H,25,26). The number of aromatic nitrogens is 1. The molecule has 1 saturated carbocycles. The average Bonchev–Trinajstić information content (AvgIpc) is 3.62. The second kappa shape index (κ2) is 10.2. The van der Waals surface area contributed by atoms with Crippen molar-refractivity contribution >= 4 is 11.9 Å². The lowest BCUT2D eigenvalue weighted by atomic mass is 9.92. The summed E-state index contributed by atoms with van der Waals surface area (Å²) in [6, 6.07) is 3.67. The maximum absolute atomic E-state index is 13.0. The summed E-state index contributed by atoms with van der Waals surface area (Å²) in [6.45, 7) is 7.88. The molecule has 1 amide bonds. The number of hydrogen-bond donors (Lipinski definition) is 1. The van der Waals surface area contributed by atoms with Crippen LogP contribution in [0.5, 0.6) is 5.88 Å². The maximum atomic E-state index is 13.0. The monoisotopic (exact) mass is 418 g/mol. The molecular formula is C23H34N2O5. The van der Waals surface area contributed by atoms with E-state index in [1.165, 1.54) is 0 Å². The zero-order chi connectivity index (χ0) is 21.6. The van der Waals surface area contributed by atoms with E-state index in [0.717, 1.165) is 44.5 Å². The van der Waals surface area contributed by atoms with Crippen LogP contribution >= 0.6 is 0 Å². The summed E-state index contributed by atoms with van der Waals surface area (Å²) in [4.78, 5) is 30.0. The fourth-order valence-corrected chi connectivity index (χ4v) is 3.83. The van der Waals surface area contributed by atoms with Crippen LogP contribution in [-0.4, -0.2) is 48.8 Å². The molecule has 7 heteroatoms. The summed E-state index contributed by atoms with van der Waals surface area (Å²) in [5.41, 5.74) is 0.283. The van der Waals surface area contributed by atoms with Crippen LogP contribution in [0.25, 0.3) is 0 Å². The second-order valence-corrected chi connectivity index (χ2v) is 8.20. The molecule has 2 aliphatic rings. The molecule has 0 atom stereocenters. The van der Waals surface area contributed by atoms with Crippen LogP contribution in [0, 0.1) is 5.92 Å². The van der Waals surface area contributed by atoms with Gasteiger partial charge in [-0.1, -0.05) is 19.9 Å². The van der Waals surface area contributed by atoms with Crippen LogP contribution in [0.4, 0.5) is 0 Å². The molecule has 0 unspecified atom stereocenters. The molecule has 1 aromatic heterocycles. The van der Waals surface area contributed by atoms with E-state index in [0.29, 0.717) is 37.2 Å². The molecule has 1 aromatic rings. The summed E-state index contributed by atoms with van der Waals surface area (Å²) < 4.78 is 16.7. The van der Waals surface area contributed by atoms with Gasteiger partial charge in [-0.3, -0.25) is 4.79 Å². The van der Waals surface area contributed by atoms with E-state index in [-0.39, 0.29) is 18.2 Å². The Balaban J connectivity index is 1.75. The van der Waals surface area contributed by atoms with Crippen LogP contribution in [0.3, 0.4) is 0 Å². The van der Waals surface area contributed by atoms with Crippen molar-refractivity contribution in [2.45, 2.75) is 70.8 Å². The summed E-state index contributed by atoms with van der Waals surface area (Å²) >= 11 is 0. The number of carbonyl (C=O) groups is 2. The molecule has 3 rings (SSSR count). The highest BCUT2D eigenvalue weighted by atomic mass is 16.5. The lowest BCUT2D eigenvalue weighted by molar-refractivity contribution is -0.151. The van der Waals surface area contributed by atoms with E-state index >= 15 is 0 Å². The Morgan fingerprint density at radius 1 is 1.13 bits per heavy atom. The van der Waals surface area contributed by atoms with Gasteiger partial charge in [0.25, 0.3) is 5.91 Å². The van der Waals surface area contributed by atoms with Crippen molar-refractivity contribution in [2.75, 3.05) is 26.4 Å². The topological polar surface area (TPSA) is 86.8 Å². The molecule has 1 saturated heterocycles. The van der Waals surface area contributed by atoms with Crippen molar-refractivity contribution in [1.29, 1.82) is 0 Å². The smallest absolute Gasteiger partial charge is 0.331 e. The Morgan fingerprint density at radius 2 is 1.83 bits per heavy atom. The molecular weight excluding hydrogens is 384 g/mol. The van der Waals surface area contributed by atoms with E-state index < -0.39 is 11.5 Å². The summed E-state index contributed by atoms with van der Waals surface area (Å²) in [5, 5.41) is 2.88. The third-order valence-electron chi connectivity index (χ3n) is 6.16. The predicted molar refractivity (Wildman–Crippen MR) is 113 cm³/mol. The number of esters is 1. The molecule has 30 heavy (non-hydrogen) atoms. The van der Waals surface area contributed by atoms with Gasteiger partial charge >= 0.3 is 5.97 Å². The summed E-state index contributed by atoms with van der Waals surface area (Å²) in [7, 11) is 0. The fourth-order valence-electron chi connectivity index (χ4n) is 3.83. The molecule has 0 bridgehead atoms. The van der Waals surface area contributed by atoms with Gasteiger partial charge in [-0.15, -0.1) is 0 Å². The van der Waals surface area contributed by atoms with Gasteiger partial charge in [0.1, 0.15) is 11.2 Å². The first kappa shape index (κ1) is 22.5. The number of rotatable bonds is 10.